The number of amides is 1. The number of nitrogens with zero attached hydrogens (tertiary/aromatic N) is 1. The van der Waals surface area contributed by atoms with Gasteiger partial charge in [-0.1, -0.05) is 0 Å². The lowest BCUT2D eigenvalue weighted by Gasteiger charge is -2.24. The second-order valence-electron chi connectivity index (χ2n) is 5.05. The molecule has 0 saturated carbocycles. The lowest BCUT2D eigenvalue weighted by atomic mass is 10.1. The van der Waals surface area contributed by atoms with Crippen molar-refractivity contribution in [3.05, 3.63) is 23.8 Å². The summed E-state index contributed by atoms with van der Waals surface area (Å²) in [5.41, 5.74) is 0.471. The van der Waals surface area contributed by atoms with Gasteiger partial charge in [-0.25, -0.2) is 0 Å². The van der Waals surface area contributed by atoms with E-state index in [4.69, 9.17) is 9.84 Å². The standard InChI is InChI=1S/C15H21NO4/c1-20-14-7-6-11(10-13(14)18)15(19)16-8-2-4-12(16)5-3-9-17/h6-7,10,12,17-18H,2-5,8-9H2,1H3. The lowest BCUT2D eigenvalue weighted by molar-refractivity contribution is 0.0724. The number of aromatic hydroxyl groups is 1. The zero-order valence-corrected chi connectivity index (χ0v) is 11.7. The van der Waals surface area contributed by atoms with E-state index in [1.54, 1.807) is 12.1 Å². The number of carbonyl (C=O) groups excluding carboxylic acids is 1. The Morgan fingerprint density at radius 1 is 1.50 bits per heavy atom. The van der Waals surface area contributed by atoms with Gasteiger partial charge in [-0.3, -0.25) is 4.79 Å². The Bertz CT molecular complexity index is 475. The monoisotopic (exact) mass is 279 g/mol. The van der Waals surface area contributed by atoms with Crippen LogP contribution in [0.2, 0.25) is 0 Å². The van der Waals surface area contributed by atoms with Crippen LogP contribution in [0.4, 0.5) is 0 Å². The molecule has 0 radical (unpaired) electrons. The van der Waals surface area contributed by atoms with Crippen LogP contribution in [-0.2, 0) is 0 Å². The van der Waals surface area contributed by atoms with E-state index >= 15 is 0 Å². The summed E-state index contributed by atoms with van der Waals surface area (Å²) in [5, 5.41) is 18.7. The molecule has 5 nitrogen and oxygen atoms in total. The Labute approximate surface area is 118 Å². The number of hydrogen-bond donors (Lipinski definition) is 2. The van der Waals surface area contributed by atoms with Gasteiger partial charge in [0.05, 0.1) is 7.11 Å². The second kappa shape index (κ2) is 6.61. The molecule has 0 bridgehead atoms. The Hall–Kier alpha value is -1.75. The van der Waals surface area contributed by atoms with Crippen LogP contribution in [0.3, 0.4) is 0 Å². The van der Waals surface area contributed by atoms with Gasteiger partial charge in [-0.2, -0.15) is 0 Å². The second-order valence-corrected chi connectivity index (χ2v) is 5.05. The van der Waals surface area contributed by atoms with E-state index in [-0.39, 0.29) is 24.3 Å². The number of aliphatic hydroxyl groups excluding tert-OH is 1. The summed E-state index contributed by atoms with van der Waals surface area (Å²) < 4.78 is 4.98. The predicted molar refractivity (Wildman–Crippen MR) is 75.0 cm³/mol. The number of phenolic OH excluding ortho intramolecular Hbond substituents is 1. The number of hydrogen-bond acceptors (Lipinski definition) is 4. The number of benzene rings is 1. The van der Waals surface area contributed by atoms with E-state index in [0.717, 1.165) is 25.8 Å². The van der Waals surface area contributed by atoms with E-state index in [1.165, 1.54) is 13.2 Å². The molecule has 1 amide bonds. The van der Waals surface area contributed by atoms with Crippen LogP contribution in [0.25, 0.3) is 0 Å². The van der Waals surface area contributed by atoms with Crippen LogP contribution >= 0.6 is 0 Å². The summed E-state index contributed by atoms with van der Waals surface area (Å²) in [5.74, 6) is 0.271. The first-order chi connectivity index (χ1) is 9.67. The summed E-state index contributed by atoms with van der Waals surface area (Å²) in [4.78, 5) is 14.3. The number of phenols is 1. The molecule has 1 unspecified atom stereocenters. The normalized spacial score (nSPS) is 18.3. The van der Waals surface area contributed by atoms with Crippen molar-refractivity contribution < 1.29 is 19.7 Å². The molecule has 1 fully saturated rings. The number of ether oxygens (including phenoxy) is 1. The van der Waals surface area contributed by atoms with Gasteiger partial charge in [0.2, 0.25) is 0 Å². The molecule has 5 heteroatoms. The molecular weight excluding hydrogens is 258 g/mol. The van der Waals surface area contributed by atoms with Crippen molar-refractivity contribution in [1.29, 1.82) is 0 Å². The highest BCUT2D eigenvalue weighted by Gasteiger charge is 2.29. The number of rotatable bonds is 5. The lowest BCUT2D eigenvalue weighted by Crippen LogP contribution is -2.35. The van der Waals surface area contributed by atoms with E-state index in [9.17, 15) is 9.90 Å². The molecule has 1 aromatic carbocycles. The van der Waals surface area contributed by atoms with Crippen LogP contribution < -0.4 is 4.74 Å². The maximum atomic E-state index is 12.5. The third-order valence-corrected chi connectivity index (χ3v) is 3.76. The molecular formula is C15H21NO4. The highest BCUT2D eigenvalue weighted by atomic mass is 16.5. The Balaban J connectivity index is 2.11. The van der Waals surface area contributed by atoms with Crippen molar-refractivity contribution in [3.8, 4) is 11.5 Å². The van der Waals surface area contributed by atoms with Crippen molar-refractivity contribution >= 4 is 5.91 Å². The average molecular weight is 279 g/mol. The maximum Gasteiger partial charge on any atom is 0.254 e. The van der Waals surface area contributed by atoms with E-state index < -0.39 is 0 Å². The molecule has 0 aliphatic carbocycles. The first kappa shape index (κ1) is 14.7. The van der Waals surface area contributed by atoms with Crippen molar-refractivity contribution in [3.63, 3.8) is 0 Å². The third kappa shape index (κ3) is 3.04. The summed E-state index contributed by atoms with van der Waals surface area (Å²) in [6.07, 6.45) is 3.50. The van der Waals surface area contributed by atoms with Gasteiger partial charge >= 0.3 is 0 Å². The predicted octanol–water partition coefficient (Wildman–Crippen LogP) is 1.78. The quantitative estimate of drug-likeness (QED) is 0.862. The van der Waals surface area contributed by atoms with E-state index in [1.807, 2.05) is 4.90 Å². The van der Waals surface area contributed by atoms with Gasteiger partial charge in [0.25, 0.3) is 5.91 Å². The highest BCUT2D eigenvalue weighted by Crippen LogP contribution is 2.29. The minimum absolute atomic E-state index is 0.0237. The molecule has 2 rings (SSSR count). The third-order valence-electron chi connectivity index (χ3n) is 3.76. The Morgan fingerprint density at radius 2 is 2.30 bits per heavy atom. The molecule has 1 saturated heterocycles. The number of carbonyl (C=O) groups is 1. The van der Waals surface area contributed by atoms with Crippen LogP contribution in [0.1, 0.15) is 36.0 Å². The fraction of sp³-hybridized carbons (Fsp3) is 0.533. The van der Waals surface area contributed by atoms with Gasteiger partial charge in [0.15, 0.2) is 11.5 Å². The number of methoxy groups -OCH3 is 1. The van der Waals surface area contributed by atoms with Crippen LogP contribution in [-0.4, -0.2) is 47.3 Å². The molecule has 1 aliphatic rings. The molecule has 1 atom stereocenters. The SMILES string of the molecule is COc1ccc(C(=O)N2CCCC2CCCO)cc1O. The average Bonchev–Trinajstić information content (AvgIpc) is 2.92. The summed E-state index contributed by atoms with van der Waals surface area (Å²) >= 11 is 0. The largest absolute Gasteiger partial charge is 0.504 e. The summed E-state index contributed by atoms with van der Waals surface area (Å²) in [7, 11) is 1.47. The molecule has 0 spiro atoms. The molecule has 20 heavy (non-hydrogen) atoms. The van der Waals surface area contributed by atoms with E-state index in [2.05, 4.69) is 0 Å². The topological polar surface area (TPSA) is 70.0 Å². The maximum absolute atomic E-state index is 12.5. The molecule has 110 valence electrons. The summed E-state index contributed by atoms with van der Waals surface area (Å²) in [6.45, 7) is 0.892. The zero-order valence-electron chi connectivity index (χ0n) is 11.7. The Kier molecular flexibility index (Phi) is 4.84. The fourth-order valence-electron chi connectivity index (χ4n) is 2.72. The minimum Gasteiger partial charge on any atom is -0.504 e. The van der Waals surface area contributed by atoms with Crippen LogP contribution in [0, 0.1) is 0 Å². The van der Waals surface area contributed by atoms with Gasteiger partial charge < -0.3 is 19.8 Å². The summed E-state index contributed by atoms with van der Waals surface area (Å²) in [6, 6.07) is 4.91. The molecule has 1 aromatic rings. The van der Waals surface area contributed by atoms with Crippen LogP contribution in [0.15, 0.2) is 18.2 Å². The van der Waals surface area contributed by atoms with Crippen molar-refractivity contribution in [1.82, 2.24) is 4.90 Å². The van der Waals surface area contributed by atoms with Gasteiger partial charge in [0, 0.05) is 24.8 Å². The zero-order chi connectivity index (χ0) is 14.5. The minimum atomic E-state index is -0.0663. The van der Waals surface area contributed by atoms with E-state index in [0.29, 0.717) is 17.7 Å². The molecule has 2 N–H and O–H groups in total. The molecule has 1 heterocycles. The van der Waals surface area contributed by atoms with Crippen LogP contribution in [0.5, 0.6) is 11.5 Å². The number of aliphatic hydroxyl groups is 1. The smallest absolute Gasteiger partial charge is 0.254 e. The highest BCUT2D eigenvalue weighted by molar-refractivity contribution is 5.95. The fourth-order valence-corrected chi connectivity index (χ4v) is 2.72. The Morgan fingerprint density at radius 3 is 2.95 bits per heavy atom. The van der Waals surface area contributed by atoms with Gasteiger partial charge in [0.1, 0.15) is 0 Å². The molecule has 0 aromatic heterocycles. The first-order valence-electron chi connectivity index (χ1n) is 6.96. The first-order valence-corrected chi connectivity index (χ1v) is 6.96. The number of likely N-dealkylation sites (tertiary alicyclic amines) is 1. The van der Waals surface area contributed by atoms with Crippen molar-refractivity contribution in [2.75, 3.05) is 20.3 Å². The van der Waals surface area contributed by atoms with Gasteiger partial charge in [-0.15, -0.1) is 0 Å². The van der Waals surface area contributed by atoms with Crippen molar-refractivity contribution in [2.24, 2.45) is 0 Å². The van der Waals surface area contributed by atoms with Gasteiger partial charge in [-0.05, 0) is 43.9 Å². The van der Waals surface area contributed by atoms with Crippen molar-refractivity contribution in [2.45, 2.75) is 31.7 Å². The molecule has 1 aliphatic heterocycles.